The van der Waals surface area contributed by atoms with Crippen LogP contribution in [0.4, 0.5) is 19.0 Å². The summed E-state index contributed by atoms with van der Waals surface area (Å²) in [5, 5.41) is 4.01. The molecule has 0 N–H and O–H groups in total. The number of aromatic nitrogens is 4. The molecule has 7 nitrogen and oxygen atoms in total. The summed E-state index contributed by atoms with van der Waals surface area (Å²) in [5.74, 6) is -3.56. The van der Waals surface area contributed by atoms with Gasteiger partial charge in [-0.15, -0.1) is 0 Å². The first-order valence-corrected chi connectivity index (χ1v) is 9.92. The number of anilines is 1. The lowest BCUT2D eigenvalue weighted by molar-refractivity contribution is -0.268. The molecule has 0 radical (unpaired) electrons. The Kier molecular flexibility index (Phi) is 4.79. The van der Waals surface area contributed by atoms with Gasteiger partial charge in [0.05, 0.1) is 30.9 Å². The molecule has 5 rings (SSSR count). The predicted molar refractivity (Wildman–Crippen MR) is 102 cm³/mol. The van der Waals surface area contributed by atoms with Crippen LogP contribution in [0.5, 0.6) is 0 Å². The minimum absolute atomic E-state index is 0.0301. The quantitative estimate of drug-likeness (QED) is 0.568. The summed E-state index contributed by atoms with van der Waals surface area (Å²) in [4.78, 5) is 10.0. The smallest absolute Gasteiger partial charge is 0.255 e. The third-order valence-electron chi connectivity index (χ3n) is 5.35. The molecule has 0 unspecified atom stereocenters. The molecule has 158 valence electrons. The van der Waals surface area contributed by atoms with Gasteiger partial charge in [0, 0.05) is 25.1 Å². The van der Waals surface area contributed by atoms with Gasteiger partial charge in [0.25, 0.3) is 5.78 Å². The number of hydrogen-bond donors (Lipinski definition) is 0. The lowest BCUT2D eigenvalue weighted by Crippen LogP contribution is -2.54. The van der Waals surface area contributed by atoms with E-state index >= 15 is 0 Å². The van der Waals surface area contributed by atoms with Crippen molar-refractivity contribution in [1.29, 1.82) is 0 Å². The summed E-state index contributed by atoms with van der Waals surface area (Å²) in [7, 11) is 0. The molecule has 1 spiro atoms. The standard InChI is InChI=1S/C19H17ClF3N5O2/c20-16-15(14-12(22)7-11(21)8-13(14)23)17(28-18(26-16)24-10-25-28)27-4-1-3-19(9-27)29-5-2-6-30-19/h7-8,10H,1-6,9H2. The first-order chi connectivity index (χ1) is 14.5. The summed E-state index contributed by atoms with van der Waals surface area (Å²) in [6, 6.07) is 1.21. The van der Waals surface area contributed by atoms with E-state index in [1.165, 1.54) is 10.8 Å². The van der Waals surface area contributed by atoms with Crippen LogP contribution in [-0.4, -0.2) is 51.7 Å². The van der Waals surface area contributed by atoms with Crippen molar-refractivity contribution in [2.45, 2.75) is 25.0 Å². The van der Waals surface area contributed by atoms with Crippen molar-refractivity contribution >= 4 is 23.2 Å². The molecular formula is C19H17ClF3N5O2. The van der Waals surface area contributed by atoms with E-state index in [4.69, 9.17) is 21.1 Å². The number of benzene rings is 1. The summed E-state index contributed by atoms with van der Waals surface area (Å²) in [6.45, 7) is 1.98. The van der Waals surface area contributed by atoms with Crippen molar-refractivity contribution in [1.82, 2.24) is 19.6 Å². The largest absolute Gasteiger partial charge is 0.350 e. The van der Waals surface area contributed by atoms with Crippen molar-refractivity contribution in [2.24, 2.45) is 0 Å². The maximum Gasteiger partial charge on any atom is 0.255 e. The van der Waals surface area contributed by atoms with Gasteiger partial charge >= 0.3 is 0 Å². The molecule has 0 aliphatic carbocycles. The van der Waals surface area contributed by atoms with Gasteiger partial charge in [0.2, 0.25) is 0 Å². The molecule has 0 saturated carbocycles. The van der Waals surface area contributed by atoms with Gasteiger partial charge in [-0.25, -0.2) is 13.2 Å². The predicted octanol–water partition coefficient (Wildman–Crippen LogP) is 3.60. The van der Waals surface area contributed by atoms with Crippen molar-refractivity contribution in [2.75, 3.05) is 31.2 Å². The molecule has 2 saturated heterocycles. The summed E-state index contributed by atoms with van der Waals surface area (Å²) < 4.78 is 56.2. The Labute approximate surface area is 174 Å². The van der Waals surface area contributed by atoms with E-state index in [2.05, 4.69) is 15.1 Å². The Bertz CT molecular complexity index is 1090. The van der Waals surface area contributed by atoms with Crippen LogP contribution >= 0.6 is 11.6 Å². The molecule has 0 amide bonds. The van der Waals surface area contributed by atoms with E-state index in [0.717, 1.165) is 6.42 Å². The average molecular weight is 440 g/mol. The molecule has 1 aromatic carbocycles. The second kappa shape index (κ2) is 7.36. The fourth-order valence-corrected chi connectivity index (χ4v) is 4.37. The molecule has 3 aromatic rings. The van der Waals surface area contributed by atoms with Gasteiger partial charge < -0.3 is 14.4 Å². The fraction of sp³-hybridized carbons (Fsp3) is 0.421. The second-order valence-corrected chi connectivity index (χ2v) is 7.66. The Morgan fingerprint density at radius 3 is 2.50 bits per heavy atom. The Hall–Kier alpha value is -2.43. The third-order valence-corrected chi connectivity index (χ3v) is 5.62. The van der Waals surface area contributed by atoms with Gasteiger partial charge in [-0.1, -0.05) is 11.6 Å². The molecule has 11 heteroatoms. The van der Waals surface area contributed by atoms with Gasteiger partial charge in [-0.3, -0.25) is 0 Å². The number of halogens is 4. The molecule has 2 aromatic heterocycles. The van der Waals surface area contributed by atoms with Crippen molar-refractivity contribution in [3.8, 4) is 11.1 Å². The van der Waals surface area contributed by atoms with Gasteiger partial charge in [0.1, 0.15) is 34.7 Å². The maximum absolute atomic E-state index is 14.7. The highest BCUT2D eigenvalue weighted by atomic mass is 35.5. The number of piperidine rings is 1. The molecule has 30 heavy (non-hydrogen) atoms. The minimum Gasteiger partial charge on any atom is -0.350 e. The lowest BCUT2D eigenvalue weighted by atomic mass is 10.0. The zero-order valence-electron chi connectivity index (χ0n) is 15.7. The summed E-state index contributed by atoms with van der Waals surface area (Å²) >= 11 is 6.37. The Morgan fingerprint density at radius 2 is 1.77 bits per heavy atom. The van der Waals surface area contributed by atoms with Gasteiger partial charge in [0.15, 0.2) is 5.79 Å². The van der Waals surface area contributed by atoms with E-state index in [-0.39, 0.29) is 16.5 Å². The Balaban J connectivity index is 1.71. The highest BCUT2D eigenvalue weighted by molar-refractivity contribution is 6.33. The summed E-state index contributed by atoms with van der Waals surface area (Å²) in [5.41, 5.74) is -0.510. The number of nitrogens with zero attached hydrogens (tertiary/aromatic N) is 5. The van der Waals surface area contributed by atoms with Crippen LogP contribution in [0.1, 0.15) is 19.3 Å². The highest BCUT2D eigenvalue weighted by Crippen LogP contribution is 2.41. The van der Waals surface area contributed by atoms with Crippen molar-refractivity contribution in [3.63, 3.8) is 0 Å². The molecule has 2 aliphatic heterocycles. The number of hydrogen-bond acceptors (Lipinski definition) is 6. The average Bonchev–Trinajstić information content (AvgIpc) is 3.16. The SMILES string of the molecule is Fc1cc(F)c(-c2c(Cl)nc3ncnn3c2N2CCCC3(C2)OCCCO3)c(F)c1. The number of rotatable bonds is 2. The molecule has 0 bridgehead atoms. The van der Waals surface area contributed by atoms with Crippen molar-refractivity contribution < 1.29 is 22.6 Å². The van der Waals surface area contributed by atoms with E-state index in [9.17, 15) is 13.2 Å². The van der Waals surface area contributed by atoms with E-state index in [0.29, 0.717) is 57.1 Å². The van der Waals surface area contributed by atoms with E-state index in [1.807, 2.05) is 4.90 Å². The van der Waals surface area contributed by atoms with Crippen LogP contribution in [0.25, 0.3) is 16.9 Å². The first kappa shape index (κ1) is 19.5. The monoisotopic (exact) mass is 439 g/mol. The van der Waals surface area contributed by atoms with Crippen LogP contribution in [0.2, 0.25) is 5.15 Å². The normalized spacial score (nSPS) is 19.0. The molecule has 0 atom stereocenters. The van der Waals surface area contributed by atoms with Crippen LogP contribution in [0.3, 0.4) is 0 Å². The molecule has 2 aliphatic rings. The first-order valence-electron chi connectivity index (χ1n) is 9.54. The maximum atomic E-state index is 14.7. The Morgan fingerprint density at radius 1 is 1.03 bits per heavy atom. The number of fused-ring (bicyclic) bond motifs is 1. The van der Waals surface area contributed by atoms with Crippen LogP contribution in [0.15, 0.2) is 18.5 Å². The van der Waals surface area contributed by atoms with Gasteiger partial charge in [-0.2, -0.15) is 19.6 Å². The zero-order chi connectivity index (χ0) is 20.9. The van der Waals surface area contributed by atoms with E-state index in [1.54, 1.807) is 0 Å². The zero-order valence-corrected chi connectivity index (χ0v) is 16.5. The lowest BCUT2D eigenvalue weighted by Gasteiger charge is -2.45. The fourth-order valence-electron chi connectivity index (χ4n) is 4.11. The van der Waals surface area contributed by atoms with Crippen LogP contribution in [0, 0.1) is 17.5 Å². The number of ether oxygens (including phenoxy) is 2. The van der Waals surface area contributed by atoms with Gasteiger partial charge in [-0.05, 0) is 12.8 Å². The molecular weight excluding hydrogens is 423 g/mol. The summed E-state index contributed by atoms with van der Waals surface area (Å²) in [6.07, 6.45) is 3.48. The topological polar surface area (TPSA) is 64.8 Å². The highest BCUT2D eigenvalue weighted by Gasteiger charge is 2.41. The molecule has 2 fully saturated rings. The molecule has 4 heterocycles. The van der Waals surface area contributed by atoms with Crippen LogP contribution in [-0.2, 0) is 9.47 Å². The third kappa shape index (κ3) is 3.19. The van der Waals surface area contributed by atoms with Crippen molar-refractivity contribution in [3.05, 3.63) is 41.1 Å². The second-order valence-electron chi connectivity index (χ2n) is 7.30. The minimum atomic E-state index is -1.09. The van der Waals surface area contributed by atoms with E-state index < -0.39 is 28.8 Å². The van der Waals surface area contributed by atoms with Crippen LogP contribution < -0.4 is 4.90 Å².